The van der Waals surface area contributed by atoms with Crippen LogP contribution in [0.4, 0.5) is 0 Å². The predicted octanol–water partition coefficient (Wildman–Crippen LogP) is 11.2. The first-order valence-electron chi connectivity index (χ1n) is 20.0. The Balaban J connectivity index is 0.000000256. The van der Waals surface area contributed by atoms with Crippen molar-refractivity contribution in [1.29, 1.82) is 0 Å². The Morgan fingerprint density at radius 1 is 0.400 bits per heavy atom. The summed E-state index contributed by atoms with van der Waals surface area (Å²) in [7, 11) is 0. The topological polar surface area (TPSA) is 7.76 Å². The van der Waals surface area contributed by atoms with Gasteiger partial charge >= 0.3 is 0 Å². The van der Waals surface area contributed by atoms with Crippen molar-refractivity contribution in [1.82, 2.24) is 0 Å². The zero-order valence-corrected chi connectivity index (χ0v) is 33.9. The number of nitrogens with zero attached hydrogens (tertiary/aromatic N) is 2. The normalized spacial score (nSPS) is 13.6. The van der Waals surface area contributed by atoms with Crippen LogP contribution in [0.5, 0.6) is 0 Å². The molecule has 4 aromatic rings. The van der Waals surface area contributed by atoms with Crippen LogP contribution in [-0.2, 0) is 64.5 Å². The lowest BCUT2D eigenvalue weighted by atomic mass is 9.95. The van der Waals surface area contributed by atoms with Crippen LogP contribution in [0.25, 0.3) is 0 Å². The first kappa shape index (κ1) is 38.9. The fourth-order valence-electron chi connectivity index (χ4n) is 7.78. The summed E-state index contributed by atoms with van der Waals surface area (Å²) in [4.78, 5) is 0. The molecule has 0 bridgehead atoms. The minimum Gasteiger partial charge on any atom is -0.202 e. The van der Waals surface area contributed by atoms with Crippen LogP contribution in [0.15, 0.2) is 85.2 Å². The van der Waals surface area contributed by atoms with Crippen molar-refractivity contribution in [2.45, 2.75) is 142 Å². The van der Waals surface area contributed by atoms with E-state index in [9.17, 15) is 0 Å². The summed E-state index contributed by atoms with van der Waals surface area (Å²) in [5.74, 6) is 0. The molecule has 0 saturated heterocycles. The number of unbranched alkanes of at least 4 members (excludes halogenated alkanes) is 4. The minimum atomic E-state index is 1.12. The maximum atomic E-state index is 3.47. The van der Waals surface area contributed by atoms with Gasteiger partial charge < -0.3 is 0 Å². The molecule has 0 fully saturated rings. The van der Waals surface area contributed by atoms with Crippen molar-refractivity contribution in [3.8, 4) is 0 Å². The molecular weight excluding hydrogens is 740 g/mol. The van der Waals surface area contributed by atoms with Crippen LogP contribution in [0.3, 0.4) is 0 Å². The maximum absolute atomic E-state index is 3.47. The third-order valence-corrected chi connectivity index (χ3v) is 11.9. The summed E-state index contributed by atoms with van der Waals surface area (Å²) in [6, 6.07) is 27.8. The second kappa shape index (κ2) is 22.6. The molecule has 0 unspecified atom stereocenters. The molecule has 2 aromatic carbocycles. The zero-order valence-electron chi connectivity index (χ0n) is 30.7. The Kier molecular flexibility index (Phi) is 17.6. The SMILES string of the molecule is BrCCCCc1ccc(CCCCBr)cc1.c1cc2c([n+](CCCCc3ccc(CCCC[n+]4cccc5c4CCCC5)cc3)c1)CCCC2. The second-order valence-corrected chi connectivity index (χ2v) is 16.2. The van der Waals surface area contributed by atoms with Crippen molar-refractivity contribution in [2.24, 2.45) is 0 Å². The largest absolute Gasteiger partial charge is 0.202 e. The highest BCUT2D eigenvalue weighted by molar-refractivity contribution is 9.09. The van der Waals surface area contributed by atoms with E-state index < -0.39 is 0 Å². The van der Waals surface area contributed by atoms with Crippen LogP contribution < -0.4 is 9.13 Å². The van der Waals surface area contributed by atoms with Crippen LogP contribution in [0.2, 0.25) is 0 Å². The van der Waals surface area contributed by atoms with Gasteiger partial charge in [-0.15, -0.1) is 0 Å². The van der Waals surface area contributed by atoms with Crippen molar-refractivity contribution in [2.75, 3.05) is 10.7 Å². The lowest BCUT2D eigenvalue weighted by Crippen LogP contribution is -2.40. The van der Waals surface area contributed by atoms with Gasteiger partial charge in [0.2, 0.25) is 0 Å². The molecule has 0 radical (unpaired) electrons. The first-order valence-corrected chi connectivity index (χ1v) is 22.3. The number of aryl methyl sites for hydroxylation is 8. The number of hydrogen-bond donors (Lipinski definition) is 0. The van der Waals surface area contributed by atoms with Gasteiger partial charge in [-0.2, -0.15) is 0 Å². The van der Waals surface area contributed by atoms with Crippen molar-refractivity contribution < 1.29 is 9.13 Å². The van der Waals surface area contributed by atoms with Gasteiger partial charge in [0.1, 0.15) is 13.1 Å². The molecule has 2 heterocycles. The molecule has 0 aliphatic heterocycles. The molecule has 2 aromatic heterocycles. The molecule has 0 saturated carbocycles. The Morgan fingerprint density at radius 3 is 1.10 bits per heavy atom. The fourth-order valence-corrected chi connectivity index (χ4v) is 8.57. The highest BCUT2D eigenvalue weighted by Gasteiger charge is 2.20. The monoisotopic (exact) mass is 800 g/mol. The summed E-state index contributed by atoms with van der Waals surface area (Å²) in [5, 5.41) is 2.25. The zero-order chi connectivity index (χ0) is 34.6. The van der Waals surface area contributed by atoms with Gasteiger partial charge in [-0.3, -0.25) is 0 Å². The Morgan fingerprint density at radius 2 is 0.740 bits per heavy atom. The fraction of sp³-hybridized carbons (Fsp3) is 0.522. The molecule has 0 atom stereocenters. The van der Waals surface area contributed by atoms with E-state index in [1.807, 2.05) is 0 Å². The summed E-state index contributed by atoms with van der Waals surface area (Å²) in [6.07, 6.45) is 30.1. The summed E-state index contributed by atoms with van der Waals surface area (Å²) >= 11 is 6.93. The maximum Gasteiger partial charge on any atom is 0.184 e. The number of rotatable bonds is 18. The number of alkyl halides is 2. The van der Waals surface area contributed by atoms with Gasteiger partial charge in [-0.1, -0.05) is 80.4 Å². The molecule has 4 heteroatoms. The van der Waals surface area contributed by atoms with Gasteiger partial charge in [0.25, 0.3) is 0 Å². The Hall–Kier alpha value is -2.30. The number of aromatic nitrogens is 2. The van der Waals surface area contributed by atoms with E-state index in [1.54, 1.807) is 22.5 Å². The van der Waals surface area contributed by atoms with Gasteiger partial charge in [-0.05, 0) is 137 Å². The third-order valence-electron chi connectivity index (χ3n) is 10.8. The molecule has 268 valence electrons. The second-order valence-electron chi connectivity index (χ2n) is 14.6. The van der Waals surface area contributed by atoms with Gasteiger partial charge in [0.05, 0.1) is 0 Å². The molecule has 2 aliphatic rings. The number of hydrogen-bond acceptors (Lipinski definition) is 0. The number of pyridine rings is 2. The van der Waals surface area contributed by atoms with E-state index in [2.05, 4.69) is 126 Å². The summed E-state index contributed by atoms with van der Waals surface area (Å²) in [5.41, 5.74) is 12.3. The van der Waals surface area contributed by atoms with Crippen LogP contribution in [-0.4, -0.2) is 10.7 Å². The first-order chi connectivity index (χ1) is 24.7. The third kappa shape index (κ3) is 13.0. The van der Waals surface area contributed by atoms with E-state index in [0.717, 1.165) is 10.7 Å². The van der Waals surface area contributed by atoms with Crippen molar-refractivity contribution in [3.63, 3.8) is 0 Å². The lowest BCUT2D eigenvalue weighted by molar-refractivity contribution is -0.705. The van der Waals surface area contributed by atoms with E-state index in [4.69, 9.17) is 0 Å². The van der Waals surface area contributed by atoms with Crippen LogP contribution >= 0.6 is 31.9 Å². The smallest absolute Gasteiger partial charge is 0.184 e. The number of halogens is 2. The van der Waals surface area contributed by atoms with E-state index in [0.29, 0.717) is 0 Å². The quantitative estimate of drug-likeness (QED) is 0.0538. The molecule has 2 aliphatic carbocycles. The Bertz CT molecular complexity index is 1410. The summed E-state index contributed by atoms with van der Waals surface area (Å²) < 4.78 is 5.06. The standard InChI is InChI=1S/C32H42N2.C14H20Br2/c1-3-17-31-29(13-1)15-9-25-33(31)23-7-5-11-27-19-21-28(22-20-27)12-6-8-24-34-26-10-16-30-14-2-4-18-32(30)34;15-11-3-1-5-13-7-9-14(10-8-13)6-2-4-12-16/h9-10,15-16,19-22,25-26H,1-8,11-14,17-18,23-24H2;7-10H,1-6,11-12H2/q+2;. The predicted molar refractivity (Wildman–Crippen MR) is 219 cm³/mol. The average molecular weight is 803 g/mol. The lowest BCUT2D eigenvalue weighted by Gasteiger charge is -2.14. The highest BCUT2D eigenvalue weighted by Crippen LogP contribution is 2.19. The number of benzene rings is 2. The molecular formula is C46H62Br2N2+2. The van der Waals surface area contributed by atoms with E-state index >= 15 is 0 Å². The molecule has 0 spiro atoms. The van der Waals surface area contributed by atoms with Gasteiger partial charge in [0, 0.05) is 59.6 Å². The van der Waals surface area contributed by atoms with E-state index in [-0.39, 0.29) is 0 Å². The average Bonchev–Trinajstić information content (AvgIpc) is 3.17. The molecule has 0 amide bonds. The molecule has 50 heavy (non-hydrogen) atoms. The van der Waals surface area contributed by atoms with E-state index in [1.165, 1.54) is 164 Å². The van der Waals surface area contributed by atoms with Crippen LogP contribution in [0, 0.1) is 0 Å². The Labute approximate surface area is 321 Å². The summed E-state index contributed by atoms with van der Waals surface area (Å²) in [6.45, 7) is 2.34. The highest BCUT2D eigenvalue weighted by atomic mass is 79.9. The molecule has 6 rings (SSSR count). The molecule has 0 N–H and O–H groups in total. The van der Waals surface area contributed by atoms with Crippen molar-refractivity contribution in [3.05, 3.63) is 130 Å². The van der Waals surface area contributed by atoms with Crippen molar-refractivity contribution >= 4 is 31.9 Å². The minimum absolute atomic E-state index is 1.12. The number of fused-ring (bicyclic) bond motifs is 2. The molecule has 2 nitrogen and oxygen atoms in total. The van der Waals surface area contributed by atoms with Crippen LogP contribution in [0.1, 0.15) is 122 Å². The van der Waals surface area contributed by atoms with Gasteiger partial charge in [-0.25, -0.2) is 9.13 Å². The van der Waals surface area contributed by atoms with Gasteiger partial charge in [0.15, 0.2) is 23.8 Å².